The summed E-state index contributed by atoms with van der Waals surface area (Å²) in [7, 11) is 0. The average Bonchev–Trinajstić information content (AvgIpc) is 2.29. The lowest BCUT2D eigenvalue weighted by atomic mass is 9.84. The molecule has 0 saturated heterocycles. The predicted molar refractivity (Wildman–Crippen MR) is 66.3 cm³/mol. The first-order chi connectivity index (χ1) is 7.72. The number of aryl methyl sites for hydroxylation is 2. The Morgan fingerprint density at radius 3 is 2.44 bits per heavy atom. The normalized spacial score (nSPS) is 16.6. The summed E-state index contributed by atoms with van der Waals surface area (Å²) in [4.78, 5) is 0. The summed E-state index contributed by atoms with van der Waals surface area (Å²) in [5.41, 5.74) is 4.18. The van der Waals surface area contributed by atoms with Crippen LogP contribution in [0.5, 0.6) is 0 Å². The summed E-state index contributed by atoms with van der Waals surface area (Å²) in [5, 5.41) is 9.20. The highest BCUT2D eigenvalue weighted by atomic mass is 14.3. The molecule has 0 aromatic heterocycles. The zero-order valence-electron chi connectivity index (χ0n) is 10.2. The van der Waals surface area contributed by atoms with Crippen LogP contribution in [0.4, 0.5) is 0 Å². The van der Waals surface area contributed by atoms with Crippen LogP contribution in [0.2, 0.25) is 0 Å². The van der Waals surface area contributed by atoms with Crippen LogP contribution in [0, 0.1) is 17.2 Å². The van der Waals surface area contributed by atoms with E-state index in [1.807, 2.05) is 0 Å². The number of hydrogen-bond donors (Lipinski definition) is 0. The molecular formula is C15H19N. The Balaban J connectivity index is 2.33. The number of rotatable bonds is 2. The maximum absolute atomic E-state index is 9.20. The standard InChI is InChI=1S/C15H19N/c1-11(2)15(10-16)14-8-7-12-5-3-4-6-13(12)9-14/h7-9,11,15H,3-6H2,1-2H3. The monoisotopic (exact) mass is 213 g/mol. The van der Waals surface area contributed by atoms with Crippen LogP contribution in [0.25, 0.3) is 0 Å². The van der Waals surface area contributed by atoms with Gasteiger partial charge < -0.3 is 0 Å². The molecule has 1 atom stereocenters. The number of nitriles is 1. The minimum Gasteiger partial charge on any atom is -0.198 e. The second-order valence-electron chi connectivity index (χ2n) is 5.09. The van der Waals surface area contributed by atoms with Gasteiger partial charge in [0.05, 0.1) is 12.0 Å². The van der Waals surface area contributed by atoms with Gasteiger partial charge >= 0.3 is 0 Å². The van der Waals surface area contributed by atoms with Gasteiger partial charge in [-0.25, -0.2) is 0 Å². The van der Waals surface area contributed by atoms with Crippen molar-refractivity contribution in [1.82, 2.24) is 0 Å². The SMILES string of the molecule is CC(C)C(C#N)c1ccc2c(c1)CCCC2. The fourth-order valence-electron chi connectivity index (χ4n) is 2.56. The Hall–Kier alpha value is -1.29. The molecule has 0 saturated carbocycles. The second kappa shape index (κ2) is 4.70. The van der Waals surface area contributed by atoms with E-state index < -0.39 is 0 Å². The van der Waals surface area contributed by atoms with Crippen molar-refractivity contribution in [3.8, 4) is 6.07 Å². The fourth-order valence-corrected chi connectivity index (χ4v) is 2.56. The zero-order valence-corrected chi connectivity index (χ0v) is 10.2. The first-order valence-electron chi connectivity index (χ1n) is 6.23. The van der Waals surface area contributed by atoms with Crippen molar-refractivity contribution >= 4 is 0 Å². The van der Waals surface area contributed by atoms with Gasteiger partial charge in [-0.2, -0.15) is 5.26 Å². The molecule has 1 nitrogen and oxygen atoms in total. The Bertz CT molecular complexity index is 412. The van der Waals surface area contributed by atoms with Gasteiger partial charge in [0.15, 0.2) is 0 Å². The largest absolute Gasteiger partial charge is 0.198 e. The van der Waals surface area contributed by atoms with E-state index >= 15 is 0 Å². The highest BCUT2D eigenvalue weighted by Crippen LogP contribution is 2.28. The molecule has 1 heteroatoms. The number of nitrogens with zero attached hydrogens (tertiary/aromatic N) is 1. The van der Waals surface area contributed by atoms with Crippen LogP contribution in [0.15, 0.2) is 18.2 Å². The number of fused-ring (bicyclic) bond motifs is 1. The molecule has 1 aliphatic rings. The molecule has 0 N–H and O–H groups in total. The summed E-state index contributed by atoms with van der Waals surface area (Å²) >= 11 is 0. The minimum absolute atomic E-state index is 0.0484. The average molecular weight is 213 g/mol. The van der Waals surface area contributed by atoms with E-state index in [9.17, 15) is 5.26 Å². The van der Waals surface area contributed by atoms with Crippen molar-refractivity contribution in [1.29, 1.82) is 5.26 Å². The van der Waals surface area contributed by atoms with E-state index in [1.54, 1.807) is 0 Å². The molecule has 1 aromatic carbocycles. The Labute approximate surface area is 98.1 Å². The Kier molecular flexibility index (Phi) is 3.29. The minimum atomic E-state index is 0.0484. The third kappa shape index (κ3) is 2.11. The van der Waals surface area contributed by atoms with E-state index in [4.69, 9.17) is 0 Å². The lowest BCUT2D eigenvalue weighted by Crippen LogP contribution is -2.08. The second-order valence-corrected chi connectivity index (χ2v) is 5.09. The maximum atomic E-state index is 9.20. The third-order valence-electron chi connectivity index (χ3n) is 3.54. The van der Waals surface area contributed by atoms with Crippen molar-refractivity contribution in [3.05, 3.63) is 34.9 Å². The maximum Gasteiger partial charge on any atom is 0.0735 e. The molecule has 16 heavy (non-hydrogen) atoms. The van der Waals surface area contributed by atoms with E-state index in [0.29, 0.717) is 5.92 Å². The Morgan fingerprint density at radius 2 is 1.81 bits per heavy atom. The molecule has 1 unspecified atom stereocenters. The van der Waals surface area contributed by atoms with Crippen LogP contribution < -0.4 is 0 Å². The van der Waals surface area contributed by atoms with Crippen LogP contribution in [-0.4, -0.2) is 0 Å². The molecule has 2 rings (SSSR count). The van der Waals surface area contributed by atoms with Gasteiger partial charge in [0.2, 0.25) is 0 Å². The van der Waals surface area contributed by atoms with E-state index in [0.717, 1.165) is 0 Å². The van der Waals surface area contributed by atoms with Gasteiger partial charge in [-0.15, -0.1) is 0 Å². The Morgan fingerprint density at radius 1 is 1.12 bits per heavy atom. The lowest BCUT2D eigenvalue weighted by Gasteiger charge is -2.19. The van der Waals surface area contributed by atoms with Crippen LogP contribution in [0.3, 0.4) is 0 Å². The third-order valence-corrected chi connectivity index (χ3v) is 3.54. The summed E-state index contributed by atoms with van der Waals surface area (Å²) in [5.74, 6) is 0.443. The van der Waals surface area contributed by atoms with E-state index in [1.165, 1.54) is 42.4 Å². The van der Waals surface area contributed by atoms with Crippen molar-refractivity contribution in [2.45, 2.75) is 45.4 Å². The van der Waals surface area contributed by atoms with Crippen LogP contribution >= 0.6 is 0 Å². The van der Waals surface area contributed by atoms with Gasteiger partial charge in [0.25, 0.3) is 0 Å². The smallest absolute Gasteiger partial charge is 0.0735 e. The molecule has 0 heterocycles. The predicted octanol–water partition coefficient (Wildman–Crippen LogP) is 3.83. The number of benzene rings is 1. The van der Waals surface area contributed by atoms with Crippen molar-refractivity contribution in [3.63, 3.8) is 0 Å². The molecule has 0 aliphatic heterocycles. The highest BCUT2D eigenvalue weighted by Gasteiger charge is 2.17. The quantitative estimate of drug-likeness (QED) is 0.732. The number of hydrogen-bond acceptors (Lipinski definition) is 1. The topological polar surface area (TPSA) is 23.8 Å². The molecule has 0 bridgehead atoms. The molecule has 1 aliphatic carbocycles. The van der Waals surface area contributed by atoms with Crippen molar-refractivity contribution in [2.75, 3.05) is 0 Å². The van der Waals surface area contributed by atoms with Gasteiger partial charge in [-0.05, 0) is 48.3 Å². The molecular weight excluding hydrogens is 194 g/mol. The van der Waals surface area contributed by atoms with Gasteiger partial charge in [0, 0.05) is 0 Å². The van der Waals surface area contributed by atoms with Crippen molar-refractivity contribution in [2.24, 2.45) is 5.92 Å². The molecule has 1 aromatic rings. The summed E-state index contributed by atoms with van der Waals surface area (Å²) in [6, 6.07) is 9.07. The molecule has 0 fully saturated rings. The molecule has 0 radical (unpaired) electrons. The van der Waals surface area contributed by atoms with Crippen molar-refractivity contribution < 1.29 is 0 Å². The summed E-state index contributed by atoms with van der Waals surface area (Å²) in [6.45, 7) is 4.24. The first-order valence-corrected chi connectivity index (χ1v) is 6.23. The zero-order chi connectivity index (χ0) is 11.5. The summed E-state index contributed by atoms with van der Waals surface area (Å²) < 4.78 is 0. The lowest BCUT2D eigenvalue weighted by molar-refractivity contribution is 0.585. The van der Waals surface area contributed by atoms with Gasteiger partial charge in [-0.1, -0.05) is 32.0 Å². The molecule has 84 valence electrons. The molecule has 0 amide bonds. The van der Waals surface area contributed by atoms with E-state index in [-0.39, 0.29) is 5.92 Å². The van der Waals surface area contributed by atoms with Gasteiger partial charge in [0.1, 0.15) is 0 Å². The molecule has 0 spiro atoms. The van der Waals surface area contributed by atoms with Crippen LogP contribution in [-0.2, 0) is 12.8 Å². The highest BCUT2D eigenvalue weighted by molar-refractivity contribution is 5.37. The van der Waals surface area contributed by atoms with Gasteiger partial charge in [-0.3, -0.25) is 0 Å². The fraction of sp³-hybridized carbons (Fsp3) is 0.533. The van der Waals surface area contributed by atoms with Crippen LogP contribution in [0.1, 0.15) is 49.3 Å². The van der Waals surface area contributed by atoms with E-state index in [2.05, 4.69) is 38.1 Å². The summed E-state index contributed by atoms with van der Waals surface area (Å²) in [6.07, 6.45) is 5.03. The first kappa shape index (κ1) is 11.2.